The number of aliphatic hydroxyl groups is 2. The molecule has 1 aromatic rings. The average molecular weight is 616 g/mol. The number of benzene rings is 1. The molecule has 0 saturated heterocycles. The lowest BCUT2D eigenvalue weighted by atomic mass is 9.87. The molecule has 0 bridgehead atoms. The fourth-order valence-corrected chi connectivity index (χ4v) is 4.98. The van der Waals surface area contributed by atoms with Crippen molar-refractivity contribution in [3.63, 3.8) is 0 Å². The third-order valence-electron chi connectivity index (χ3n) is 6.13. The molecule has 1 aromatic carbocycles. The summed E-state index contributed by atoms with van der Waals surface area (Å²) in [4.78, 5) is 38.7. The molecule has 1 aliphatic rings. The lowest BCUT2D eigenvalue weighted by molar-refractivity contribution is -0.138. The van der Waals surface area contributed by atoms with Crippen LogP contribution >= 0.6 is 22.6 Å². The number of methoxy groups -OCH3 is 1. The molecule has 200 valence electrons. The highest BCUT2D eigenvalue weighted by atomic mass is 127. The minimum atomic E-state index is -1.10. The SMILES string of the molecule is CCCCCCN(C(=O)CC)[C@@H]1CC(C(=O)NCCO)=C[C@H](Oc2c(I)cc(C=O)cc2OC)[C@H]1O. The molecule has 0 spiro atoms. The van der Waals surface area contributed by atoms with E-state index >= 15 is 0 Å². The molecule has 9 nitrogen and oxygen atoms in total. The number of hydrogen-bond acceptors (Lipinski definition) is 7. The third-order valence-corrected chi connectivity index (χ3v) is 6.93. The van der Waals surface area contributed by atoms with Gasteiger partial charge in [-0.3, -0.25) is 14.4 Å². The molecular weight excluding hydrogens is 579 g/mol. The Kier molecular flexibility index (Phi) is 12.7. The number of carbonyl (C=O) groups is 3. The Morgan fingerprint density at radius 2 is 2.00 bits per heavy atom. The smallest absolute Gasteiger partial charge is 0.247 e. The van der Waals surface area contributed by atoms with E-state index in [1.54, 1.807) is 24.0 Å². The fraction of sp³-hybridized carbons (Fsp3) is 0.577. The van der Waals surface area contributed by atoms with E-state index < -0.39 is 18.2 Å². The maximum Gasteiger partial charge on any atom is 0.247 e. The summed E-state index contributed by atoms with van der Waals surface area (Å²) in [6.07, 6.45) is 4.51. The number of amides is 2. The van der Waals surface area contributed by atoms with Crippen molar-refractivity contribution in [1.82, 2.24) is 10.2 Å². The molecule has 2 rings (SSSR count). The summed E-state index contributed by atoms with van der Waals surface area (Å²) in [5.41, 5.74) is 0.779. The van der Waals surface area contributed by atoms with E-state index in [1.165, 1.54) is 13.2 Å². The molecule has 36 heavy (non-hydrogen) atoms. The van der Waals surface area contributed by atoms with E-state index in [0.717, 1.165) is 25.7 Å². The molecule has 0 saturated carbocycles. The predicted octanol–water partition coefficient (Wildman–Crippen LogP) is 2.85. The van der Waals surface area contributed by atoms with Crippen molar-refractivity contribution in [2.75, 3.05) is 26.8 Å². The molecule has 0 fully saturated rings. The van der Waals surface area contributed by atoms with Crippen LogP contribution in [0.3, 0.4) is 0 Å². The van der Waals surface area contributed by atoms with Crippen LogP contribution in [0.15, 0.2) is 23.8 Å². The zero-order valence-corrected chi connectivity index (χ0v) is 23.3. The molecule has 3 atom stereocenters. The second-order valence-electron chi connectivity index (χ2n) is 8.67. The van der Waals surface area contributed by atoms with Crippen LogP contribution in [0.2, 0.25) is 0 Å². The number of unbranched alkanes of at least 4 members (excludes halogenated alkanes) is 3. The molecule has 0 radical (unpaired) electrons. The summed E-state index contributed by atoms with van der Waals surface area (Å²) in [6.45, 7) is 4.24. The van der Waals surface area contributed by atoms with Crippen LogP contribution in [-0.2, 0) is 9.59 Å². The van der Waals surface area contributed by atoms with E-state index in [0.29, 0.717) is 39.0 Å². The van der Waals surface area contributed by atoms with Crippen LogP contribution in [0.4, 0.5) is 0 Å². The van der Waals surface area contributed by atoms with Crippen molar-refractivity contribution in [3.05, 3.63) is 32.9 Å². The van der Waals surface area contributed by atoms with Gasteiger partial charge in [-0.25, -0.2) is 0 Å². The molecule has 0 unspecified atom stereocenters. The molecule has 0 heterocycles. The van der Waals surface area contributed by atoms with E-state index in [2.05, 4.69) is 12.2 Å². The first kappa shape index (κ1) is 30.0. The van der Waals surface area contributed by atoms with Gasteiger partial charge in [0.25, 0.3) is 0 Å². The van der Waals surface area contributed by atoms with Gasteiger partial charge in [0, 0.05) is 37.1 Å². The molecule has 3 N–H and O–H groups in total. The van der Waals surface area contributed by atoms with Crippen molar-refractivity contribution in [3.8, 4) is 11.5 Å². The Morgan fingerprint density at radius 3 is 2.61 bits per heavy atom. The van der Waals surface area contributed by atoms with Crippen LogP contribution in [0.1, 0.15) is 62.7 Å². The Labute approximate surface area is 226 Å². The van der Waals surface area contributed by atoms with Crippen LogP contribution in [0, 0.1) is 3.57 Å². The number of aliphatic hydroxyl groups excluding tert-OH is 2. The number of carbonyl (C=O) groups excluding carboxylic acids is 3. The molecule has 0 aromatic heterocycles. The summed E-state index contributed by atoms with van der Waals surface area (Å²) >= 11 is 2.02. The Bertz CT molecular complexity index is 937. The second kappa shape index (κ2) is 15.2. The number of rotatable bonds is 14. The first-order chi connectivity index (χ1) is 17.3. The summed E-state index contributed by atoms with van der Waals surface area (Å²) in [7, 11) is 1.45. The largest absolute Gasteiger partial charge is 0.493 e. The van der Waals surface area contributed by atoms with Crippen molar-refractivity contribution < 1.29 is 34.1 Å². The highest BCUT2D eigenvalue weighted by Gasteiger charge is 2.40. The van der Waals surface area contributed by atoms with Gasteiger partial charge in [0.05, 0.1) is 23.3 Å². The normalized spacial score (nSPS) is 19.3. The van der Waals surface area contributed by atoms with Gasteiger partial charge >= 0.3 is 0 Å². The van der Waals surface area contributed by atoms with Crippen LogP contribution in [0.25, 0.3) is 0 Å². The van der Waals surface area contributed by atoms with Crippen molar-refractivity contribution in [2.24, 2.45) is 0 Å². The number of hydrogen-bond donors (Lipinski definition) is 3. The van der Waals surface area contributed by atoms with E-state index in [4.69, 9.17) is 14.6 Å². The van der Waals surface area contributed by atoms with E-state index in [9.17, 15) is 19.5 Å². The van der Waals surface area contributed by atoms with E-state index in [-0.39, 0.29) is 37.8 Å². The number of halogens is 1. The predicted molar refractivity (Wildman–Crippen MR) is 144 cm³/mol. The Balaban J connectivity index is 2.44. The van der Waals surface area contributed by atoms with Crippen molar-refractivity contribution in [2.45, 2.75) is 70.6 Å². The standard InChI is InChI=1S/C26H37IN2O7/c1-4-6-7-8-10-29(23(32)5-2)20-14-18(26(34)28-9-11-30)15-21(24(20)33)36-25-19(27)12-17(16-31)13-22(25)35-3/h12-13,15-16,20-21,24,30,33H,4-11,14H2,1-3H3,(H,28,34)/t20-,21+,24+/m1/s1. The van der Waals surface area contributed by atoms with E-state index in [1.807, 2.05) is 22.6 Å². The fourth-order valence-electron chi connectivity index (χ4n) is 4.23. The maximum atomic E-state index is 12.9. The van der Waals surface area contributed by atoms with Gasteiger partial charge in [0.2, 0.25) is 11.8 Å². The van der Waals surface area contributed by atoms with Crippen LogP contribution in [-0.4, -0.2) is 78.3 Å². The highest BCUT2D eigenvalue weighted by molar-refractivity contribution is 14.1. The summed E-state index contributed by atoms with van der Waals surface area (Å²) < 4.78 is 12.2. The average Bonchev–Trinajstić information content (AvgIpc) is 2.89. The second-order valence-corrected chi connectivity index (χ2v) is 9.83. The van der Waals surface area contributed by atoms with Gasteiger partial charge in [-0.2, -0.15) is 0 Å². The molecule has 2 amide bonds. The van der Waals surface area contributed by atoms with Crippen LogP contribution < -0.4 is 14.8 Å². The minimum Gasteiger partial charge on any atom is -0.493 e. The van der Waals surface area contributed by atoms with Gasteiger partial charge < -0.3 is 29.9 Å². The Hall–Kier alpha value is -2.18. The number of aldehydes is 1. The van der Waals surface area contributed by atoms with Gasteiger partial charge in [0.15, 0.2) is 11.5 Å². The molecule has 10 heteroatoms. The molecular formula is C26H37IN2O7. The monoisotopic (exact) mass is 616 g/mol. The van der Waals surface area contributed by atoms with Gasteiger partial charge in [-0.1, -0.05) is 33.1 Å². The van der Waals surface area contributed by atoms with Gasteiger partial charge in [-0.05, 0) is 47.2 Å². The van der Waals surface area contributed by atoms with Crippen LogP contribution in [0.5, 0.6) is 11.5 Å². The zero-order chi connectivity index (χ0) is 26.7. The van der Waals surface area contributed by atoms with Crippen molar-refractivity contribution >= 4 is 40.7 Å². The highest BCUT2D eigenvalue weighted by Crippen LogP contribution is 2.37. The quantitative estimate of drug-likeness (QED) is 0.167. The first-order valence-corrected chi connectivity index (χ1v) is 13.5. The topological polar surface area (TPSA) is 125 Å². The summed E-state index contributed by atoms with van der Waals surface area (Å²) in [5, 5.41) is 23.2. The zero-order valence-electron chi connectivity index (χ0n) is 21.2. The lowest BCUT2D eigenvalue weighted by Crippen LogP contribution is -2.55. The Morgan fingerprint density at radius 1 is 1.25 bits per heavy atom. The lowest BCUT2D eigenvalue weighted by Gasteiger charge is -2.40. The first-order valence-electron chi connectivity index (χ1n) is 12.4. The molecule has 0 aliphatic heterocycles. The summed E-state index contributed by atoms with van der Waals surface area (Å²) in [6, 6.07) is 2.51. The summed E-state index contributed by atoms with van der Waals surface area (Å²) in [5.74, 6) is 0.159. The van der Waals surface area contributed by atoms with Gasteiger partial charge in [-0.15, -0.1) is 0 Å². The third kappa shape index (κ3) is 7.91. The minimum absolute atomic E-state index is 0.0857. The number of nitrogens with one attached hydrogen (secondary N) is 1. The number of ether oxygens (including phenoxy) is 2. The maximum absolute atomic E-state index is 12.9. The number of nitrogens with zero attached hydrogens (tertiary/aromatic N) is 1. The van der Waals surface area contributed by atoms with Crippen molar-refractivity contribution in [1.29, 1.82) is 0 Å². The molecule has 1 aliphatic carbocycles. The van der Waals surface area contributed by atoms with Gasteiger partial charge in [0.1, 0.15) is 18.5 Å².